The number of pyridine rings is 1. The van der Waals surface area contributed by atoms with Gasteiger partial charge in [0.1, 0.15) is 7.11 Å². The van der Waals surface area contributed by atoms with Crippen molar-refractivity contribution in [3.63, 3.8) is 0 Å². The number of fused-ring (bicyclic) bond motifs is 1. The summed E-state index contributed by atoms with van der Waals surface area (Å²) in [6.07, 6.45) is 0. The molecule has 0 unspecified atom stereocenters. The Morgan fingerprint density at radius 2 is 1.75 bits per heavy atom. The Hall–Kier alpha value is -2.55. The van der Waals surface area contributed by atoms with Crippen LogP contribution in [-0.2, 0) is 0 Å². The minimum absolute atomic E-state index is 0.164. The largest absolute Gasteiger partial charge is 0.413 e. The molecule has 0 bridgehead atoms. The first-order chi connectivity index (χ1) is 9.70. The van der Waals surface area contributed by atoms with E-state index in [4.69, 9.17) is 4.84 Å². The molecular weight excluding hydrogens is 250 g/mol. The number of hydrogen-bond acceptors (Lipinski definition) is 2. The topological polar surface area (TPSA) is 31.2 Å². The van der Waals surface area contributed by atoms with E-state index in [-0.39, 0.29) is 5.56 Å². The molecule has 0 spiro atoms. The van der Waals surface area contributed by atoms with Crippen LogP contribution in [0.1, 0.15) is 5.56 Å². The Balaban J connectivity index is 2.44. The predicted molar refractivity (Wildman–Crippen MR) is 80.9 cm³/mol. The van der Waals surface area contributed by atoms with E-state index in [1.807, 2.05) is 49.4 Å². The molecule has 1 heterocycles. The summed E-state index contributed by atoms with van der Waals surface area (Å²) in [4.78, 5) is 17.4. The van der Waals surface area contributed by atoms with Crippen LogP contribution < -0.4 is 10.4 Å². The average molecular weight is 265 g/mol. The van der Waals surface area contributed by atoms with Gasteiger partial charge in [0.25, 0.3) is 5.56 Å². The molecule has 0 saturated carbocycles. The molecule has 0 radical (unpaired) electrons. The normalized spacial score (nSPS) is 10.7. The van der Waals surface area contributed by atoms with E-state index in [1.165, 1.54) is 11.8 Å². The highest BCUT2D eigenvalue weighted by Gasteiger charge is 2.10. The Bertz CT molecular complexity index is 820. The van der Waals surface area contributed by atoms with Crippen LogP contribution in [-0.4, -0.2) is 11.8 Å². The van der Waals surface area contributed by atoms with Crippen molar-refractivity contribution >= 4 is 10.9 Å². The first kappa shape index (κ1) is 12.5. The highest BCUT2D eigenvalue weighted by molar-refractivity contribution is 5.94. The van der Waals surface area contributed by atoms with Crippen LogP contribution >= 0.6 is 0 Å². The van der Waals surface area contributed by atoms with Crippen molar-refractivity contribution in [3.8, 4) is 11.1 Å². The number of hydrogen-bond donors (Lipinski definition) is 0. The lowest BCUT2D eigenvalue weighted by Crippen LogP contribution is -2.24. The number of benzene rings is 2. The summed E-state index contributed by atoms with van der Waals surface area (Å²) in [5.41, 5.74) is 3.73. The molecule has 3 rings (SSSR count). The lowest BCUT2D eigenvalue weighted by atomic mass is 10.00. The van der Waals surface area contributed by atoms with E-state index in [1.54, 1.807) is 6.07 Å². The van der Waals surface area contributed by atoms with E-state index in [0.29, 0.717) is 0 Å². The maximum absolute atomic E-state index is 12.2. The predicted octanol–water partition coefficient (Wildman–Crippen LogP) is 3.04. The average Bonchev–Trinajstić information content (AvgIpc) is 2.48. The van der Waals surface area contributed by atoms with Gasteiger partial charge in [-0.05, 0) is 30.2 Å². The smallest absolute Gasteiger partial charge is 0.284 e. The summed E-state index contributed by atoms with van der Waals surface area (Å²) in [7, 11) is 1.50. The quantitative estimate of drug-likeness (QED) is 0.713. The maximum atomic E-state index is 12.2. The Morgan fingerprint density at radius 3 is 2.45 bits per heavy atom. The zero-order chi connectivity index (χ0) is 14.1. The van der Waals surface area contributed by atoms with E-state index < -0.39 is 0 Å². The molecule has 3 nitrogen and oxygen atoms in total. The van der Waals surface area contributed by atoms with Crippen LogP contribution in [0.25, 0.3) is 22.0 Å². The van der Waals surface area contributed by atoms with Gasteiger partial charge in [0.2, 0.25) is 0 Å². The summed E-state index contributed by atoms with van der Waals surface area (Å²) in [5.74, 6) is 0. The zero-order valence-electron chi connectivity index (χ0n) is 11.5. The van der Waals surface area contributed by atoms with Crippen molar-refractivity contribution in [2.45, 2.75) is 6.92 Å². The van der Waals surface area contributed by atoms with Crippen molar-refractivity contribution in [1.82, 2.24) is 4.73 Å². The summed E-state index contributed by atoms with van der Waals surface area (Å²) < 4.78 is 1.32. The SMILES string of the molecule is COn1c(=O)cc(-c2ccccc2)c2cc(C)ccc21. The van der Waals surface area contributed by atoms with Gasteiger partial charge in [-0.15, -0.1) is 4.73 Å². The molecule has 0 fully saturated rings. The van der Waals surface area contributed by atoms with Crippen molar-refractivity contribution < 1.29 is 4.84 Å². The van der Waals surface area contributed by atoms with Crippen LogP contribution in [0.5, 0.6) is 0 Å². The fourth-order valence-corrected chi connectivity index (χ4v) is 2.47. The fourth-order valence-electron chi connectivity index (χ4n) is 2.47. The molecule has 0 aliphatic rings. The van der Waals surface area contributed by atoms with Crippen LogP contribution in [0.2, 0.25) is 0 Å². The highest BCUT2D eigenvalue weighted by atomic mass is 16.6. The third-order valence-electron chi connectivity index (χ3n) is 3.40. The molecule has 1 aromatic heterocycles. The third kappa shape index (κ3) is 1.97. The van der Waals surface area contributed by atoms with Gasteiger partial charge in [0.15, 0.2) is 0 Å². The minimum atomic E-state index is -0.164. The molecule has 0 aliphatic heterocycles. The van der Waals surface area contributed by atoms with Crippen molar-refractivity contribution in [1.29, 1.82) is 0 Å². The number of aromatic nitrogens is 1. The highest BCUT2D eigenvalue weighted by Crippen LogP contribution is 2.27. The van der Waals surface area contributed by atoms with Gasteiger partial charge < -0.3 is 4.84 Å². The van der Waals surface area contributed by atoms with Crippen molar-refractivity contribution in [3.05, 3.63) is 70.5 Å². The lowest BCUT2D eigenvalue weighted by Gasteiger charge is -2.12. The van der Waals surface area contributed by atoms with Gasteiger partial charge in [0.05, 0.1) is 5.52 Å². The minimum Gasteiger partial charge on any atom is -0.413 e. The van der Waals surface area contributed by atoms with Crippen LogP contribution in [0.15, 0.2) is 59.4 Å². The van der Waals surface area contributed by atoms with E-state index in [2.05, 4.69) is 6.07 Å². The summed E-state index contributed by atoms with van der Waals surface area (Å²) in [6, 6.07) is 17.5. The molecule has 3 heteroatoms. The molecule has 0 aliphatic carbocycles. The second-order valence-corrected chi connectivity index (χ2v) is 4.76. The zero-order valence-corrected chi connectivity index (χ0v) is 11.5. The second kappa shape index (κ2) is 4.85. The number of rotatable bonds is 2. The summed E-state index contributed by atoms with van der Waals surface area (Å²) in [6.45, 7) is 2.04. The molecule has 0 saturated heterocycles. The Morgan fingerprint density at radius 1 is 1.00 bits per heavy atom. The molecule has 0 atom stereocenters. The van der Waals surface area contributed by atoms with E-state index in [9.17, 15) is 4.79 Å². The number of nitrogens with zero attached hydrogens (tertiary/aromatic N) is 1. The Labute approximate surface area is 117 Å². The van der Waals surface area contributed by atoms with Crippen molar-refractivity contribution in [2.75, 3.05) is 7.11 Å². The monoisotopic (exact) mass is 265 g/mol. The molecular formula is C17H15NO2. The van der Waals surface area contributed by atoms with Gasteiger partial charge in [-0.1, -0.05) is 42.0 Å². The number of aryl methyl sites for hydroxylation is 1. The standard InChI is InChI=1S/C17H15NO2/c1-12-8-9-16-15(10-12)14(11-17(19)18(16)20-2)13-6-4-3-5-7-13/h3-11H,1-2H3. The maximum Gasteiger partial charge on any atom is 0.284 e. The van der Waals surface area contributed by atoms with Gasteiger partial charge in [-0.25, -0.2) is 0 Å². The van der Waals surface area contributed by atoms with E-state index in [0.717, 1.165) is 27.6 Å². The van der Waals surface area contributed by atoms with Gasteiger partial charge in [-0.3, -0.25) is 4.79 Å². The molecule has 0 N–H and O–H groups in total. The van der Waals surface area contributed by atoms with Crippen molar-refractivity contribution in [2.24, 2.45) is 0 Å². The molecule has 2 aromatic carbocycles. The Kier molecular flexibility index (Phi) is 3.03. The van der Waals surface area contributed by atoms with Crippen LogP contribution in [0.4, 0.5) is 0 Å². The molecule has 20 heavy (non-hydrogen) atoms. The van der Waals surface area contributed by atoms with Gasteiger partial charge in [0, 0.05) is 11.5 Å². The molecule has 100 valence electrons. The lowest BCUT2D eigenvalue weighted by molar-refractivity contribution is 0.169. The van der Waals surface area contributed by atoms with Gasteiger partial charge in [-0.2, -0.15) is 0 Å². The van der Waals surface area contributed by atoms with Gasteiger partial charge >= 0.3 is 0 Å². The summed E-state index contributed by atoms with van der Waals surface area (Å²) in [5, 5.41) is 1.01. The fraction of sp³-hybridized carbons (Fsp3) is 0.118. The van der Waals surface area contributed by atoms with Crippen LogP contribution in [0, 0.1) is 6.92 Å². The molecule has 3 aromatic rings. The second-order valence-electron chi connectivity index (χ2n) is 4.76. The third-order valence-corrected chi connectivity index (χ3v) is 3.40. The van der Waals surface area contributed by atoms with E-state index >= 15 is 0 Å². The first-order valence-corrected chi connectivity index (χ1v) is 6.47. The van der Waals surface area contributed by atoms with Crippen LogP contribution in [0.3, 0.4) is 0 Å². The molecule has 0 amide bonds. The summed E-state index contributed by atoms with van der Waals surface area (Å²) >= 11 is 0. The first-order valence-electron chi connectivity index (χ1n) is 6.47.